The van der Waals surface area contributed by atoms with Gasteiger partial charge in [-0.3, -0.25) is 4.79 Å². The molecule has 0 saturated heterocycles. The average Bonchev–Trinajstić information content (AvgIpc) is 2.55. The maximum absolute atomic E-state index is 11.9. The number of hydrogen-bond acceptors (Lipinski definition) is 4. The molecule has 0 atom stereocenters. The van der Waals surface area contributed by atoms with Crippen LogP contribution >= 0.6 is 0 Å². The molecule has 0 bridgehead atoms. The van der Waals surface area contributed by atoms with Crippen LogP contribution in [0.4, 0.5) is 0 Å². The minimum atomic E-state index is -0.272. The van der Waals surface area contributed by atoms with Crippen molar-refractivity contribution < 1.29 is 14.6 Å². The molecule has 3 N–H and O–H groups in total. The summed E-state index contributed by atoms with van der Waals surface area (Å²) in [6, 6.07) is 0. The molecule has 0 rings (SSSR count). The first kappa shape index (κ1) is 24.3. The van der Waals surface area contributed by atoms with E-state index in [9.17, 15) is 9.90 Å². The SMILES string of the molecule is C=C(N)/C(O)=C(\C=C(/C)CCC(=O)OCCCCCCCC)C(C)(C)C. The molecule has 150 valence electrons. The lowest BCUT2D eigenvalue weighted by Gasteiger charge is -2.23. The van der Waals surface area contributed by atoms with Crippen LogP contribution in [0.25, 0.3) is 0 Å². The fourth-order valence-electron chi connectivity index (χ4n) is 2.57. The van der Waals surface area contributed by atoms with Gasteiger partial charge in [0.25, 0.3) is 0 Å². The van der Waals surface area contributed by atoms with Crippen LogP contribution in [0.2, 0.25) is 0 Å². The first-order chi connectivity index (χ1) is 12.1. The normalized spacial score (nSPS) is 13.3. The van der Waals surface area contributed by atoms with Gasteiger partial charge in [-0.25, -0.2) is 0 Å². The molecule has 0 aliphatic carbocycles. The molecule has 0 unspecified atom stereocenters. The Balaban J connectivity index is 4.39. The van der Waals surface area contributed by atoms with Crippen molar-refractivity contribution in [1.82, 2.24) is 0 Å². The molecule has 0 amide bonds. The van der Waals surface area contributed by atoms with Gasteiger partial charge in [0.2, 0.25) is 0 Å². The topological polar surface area (TPSA) is 72.5 Å². The largest absolute Gasteiger partial charge is 0.506 e. The van der Waals surface area contributed by atoms with Gasteiger partial charge in [0.05, 0.1) is 12.3 Å². The van der Waals surface area contributed by atoms with E-state index in [1.165, 1.54) is 25.7 Å². The van der Waals surface area contributed by atoms with Crippen molar-refractivity contribution in [2.75, 3.05) is 6.61 Å². The number of hydrogen-bond donors (Lipinski definition) is 2. The van der Waals surface area contributed by atoms with Gasteiger partial charge in [-0.15, -0.1) is 0 Å². The zero-order valence-corrected chi connectivity index (χ0v) is 17.5. The average molecular weight is 366 g/mol. The van der Waals surface area contributed by atoms with Crippen LogP contribution in [-0.2, 0) is 9.53 Å². The second-order valence-corrected chi connectivity index (χ2v) is 8.02. The molecule has 0 heterocycles. The first-order valence-electron chi connectivity index (χ1n) is 9.80. The number of rotatable bonds is 12. The number of ether oxygens (including phenoxy) is 1. The summed E-state index contributed by atoms with van der Waals surface area (Å²) in [6.45, 7) is 14.3. The lowest BCUT2D eigenvalue weighted by Crippen LogP contribution is -2.14. The highest BCUT2D eigenvalue weighted by Gasteiger charge is 2.20. The minimum absolute atomic E-state index is 0.0162. The second-order valence-electron chi connectivity index (χ2n) is 8.02. The summed E-state index contributed by atoms with van der Waals surface area (Å²) in [5.41, 5.74) is 7.23. The summed E-state index contributed by atoms with van der Waals surface area (Å²) >= 11 is 0. The van der Waals surface area contributed by atoms with Crippen molar-refractivity contribution in [2.24, 2.45) is 11.1 Å². The van der Waals surface area contributed by atoms with E-state index in [1.54, 1.807) is 0 Å². The lowest BCUT2D eigenvalue weighted by atomic mass is 9.83. The van der Waals surface area contributed by atoms with Crippen molar-refractivity contribution >= 4 is 5.97 Å². The summed E-state index contributed by atoms with van der Waals surface area (Å²) in [6.07, 6.45) is 9.90. The van der Waals surface area contributed by atoms with Crippen LogP contribution in [0.5, 0.6) is 0 Å². The summed E-state index contributed by atoms with van der Waals surface area (Å²) in [7, 11) is 0. The maximum Gasteiger partial charge on any atom is 0.306 e. The van der Waals surface area contributed by atoms with Gasteiger partial charge >= 0.3 is 5.97 Å². The van der Waals surface area contributed by atoms with Crippen LogP contribution in [0.15, 0.2) is 35.3 Å². The van der Waals surface area contributed by atoms with E-state index in [1.807, 2.05) is 33.8 Å². The van der Waals surface area contributed by atoms with Gasteiger partial charge in [0.1, 0.15) is 5.76 Å². The second kappa shape index (κ2) is 12.6. The number of unbranched alkanes of at least 4 members (excludes halogenated alkanes) is 5. The number of allylic oxidation sites excluding steroid dienone is 3. The van der Waals surface area contributed by atoms with Crippen LogP contribution in [-0.4, -0.2) is 17.7 Å². The zero-order chi connectivity index (χ0) is 20.2. The van der Waals surface area contributed by atoms with Crippen molar-refractivity contribution in [1.29, 1.82) is 0 Å². The number of aliphatic hydroxyl groups excluding tert-OH is 1. The molecule has 0 saturated carbocycles. The smallest absolute Gasteiger partial charge is 0.306 e. The molecular weight excluding hydrogens is 326 g/mol. The van der Waals surface area contributed by atoms with Crippen LogP contribution in [0.1, 0.15) is 86.0 Å². The lowest BCUT2D eigenvalue weighted by molar-refractivity contribution is -0.143. The highest BCUT2D eigenvalue weighted by molar-refractivity contribution is 5.69. The number of esters is 1. The summed E-state index contributed by atoms with van der Waals surface area (Å²) in [5, 5.41) is 10.2. The van der Waals surface area contributed by atoms with Gasteiger partial charge in [-0.05, 0) is 25.2 Å². The van der Waals surface area contributed by atoms with Crippen LogP contribution in [0.3, 0.4) is 0 Å². The molecule has 0 aromatic heterocycles. The number of nitrogens with two attached hydrogens (primary N) is 1. The van der Waals surface area contributed by atoms with E-state index in [2.05, 4.69) is 13.5 Å². The standard InChI is InChI=1S/C22H39NO3/c1-7-8-9-10-11-12-15-26-20(24)14-13-17(2)16-19(22(4,5)6)21(25)18(3)23/h16,25H,3,7-15,23H2,1-2,4-6H3/b17-16+,21-19-. The fourth-order valence-corrected chi connectivity index (χ4v) is 2.57. The molecule has 0 aliphatic rings. The molecule has 0 spiro atoms. The Kier molecular flexibility index (Phi) is 11.8. The van der Waals surface area contributed by atoms with Gasteiger partial charge in [-0.1, -0.05) is 78.0 Å². The third-order valence-corrected chi connectivity index (χ3v) is 4.24. The monoisotopic (exact) mass is 365 g/mol. The van der Waals surface area contributed by atoms with E-state index in [-0.39, 0.29) is 22.8 Å². The molecule has 4 nitrogen and oxygen atoms in total. The van der Waals surface area contributed by atoms with Crippen LogP contribution in [0, 0.1) is 5.41 Å². The third-order valence-electron chi connectivity index (χ3n) is 4.24. The van der Waals surface area contributed by atoms with E-state index in [0.29, 0.717) is 19.4 Å². The highest BCUT2D eigenvalue weighted by atomic mass is 16.5. The van der Waals surface area contributed by atoms with E-state index < -0.39 is 0 Å². The Morgan fingerprint density at radius 1 is 1.12 bits per heavy atom. The van der Waals surface area contributed by atoms with Crippen molar-refractivity contribution in [3.05, 3.63) is 35.3 Å². The van der Waals surface area contributed by atoms with Gasteiger partial charge in [0.15, 0.2) is 0 Å². The predicted octanol–water partition coefficient (Wildman–Crippen LogP) is 5.95. The number of aliphatic hydroxyl groups is 1. The molecule has 0 radical (unpaired) electrons. The van der Waals surface area contributed by atoms with Gasteiger partial charge < -0.3 is 15.6 Å². The van der Waals surface area contributed by atoms with E-state index >= 15 is 0 Å². The zero-order valence-electron chi connectivity index (χ0n) is 17.5. The van der Waals surface area contributed by atoms with Gasteiger partial charge in [0, 0.05) is 12.0 Å². The summed E-state index contributed by atoms with van der Waals surface area (Å²) in [4.78, 5) is 11.9. The summed E-state index contributed by atoms with van der Waals surface area (Å²) < 4.78 is 5.30. The number of carbonyl (C=O) groups excluding carboxylic acids is 1. The van der Waals surface area contributed by atoms with E-state index in [4.69, 9.17) is 10.5 Å². The molecule has 0 aromatic rings. The number of carbonyl (C=O) groups is 1. The van der Waals surface area contributed by atoms with Crippen LogP contribution < -0.4 is 5.73 Å². The maximum atomic E-state index is 11.9. The summed E-state index contributed by atoms with van der Waals surface area (Å²) in [5.74, 6) is -0.150. The van der Waals surface area contributed by atoms with Gasteiger partial charge in [-0.2, -0.15) is 0 Å². The highest BCUT2D eigenvalue weighted by Crippen LogP contribution is 2.31. The fraction of sp³-hybridized carbons (Fsp3) is 0.682. The molecule has 0 fully saturated rings. The molecule has 0 aromatic carbocycles. The molecular formula is C22H39NO3. The Morgan fingerprint density at radius 2 is 1.69 bits per heavy atom. The Hall–Kier alpha value is -1.71. The predicted molar refractivity (Wildman–Crippen MR) is 110 cm³/mol. The van der Waals surface area contributed by atoms with E-state index in [0.717, 1.165) is 24.0 Å². The van der Waals surface area contributed by atoms with Crippen molar-refractivity contribution in [3.63, 3.8) is 0 Å². The quantitative estimate of drug-likeness (QED) is 0.194. The molecule has 4 heteroatoms. The minimum Gasteiger partial charge on any atom is -0.506 e. The molecule has 0 aliphatic heterocycles. The van der Waals surface area contributed by atoms with Crippen molar-refractivity contribution in [2.45, 2.75) is 86.0 Å². The van der Waals surface area contributed by atoms with Crippen molar-refractivity contribution in [3.8, 4) is 0 Å². The first-order valence-corrected chi connectivity index (χ1v) is 9.80. The Morgan fingerprint density at radius 3 is 2.23 bits per heavy atom. The third kappa shape index (κ3) is 11.0. The Labute approximate surface area is 160 Å². The Bertz CT molecular complexity index is 510. The molecule has 26 heavy (non-hydrogen) atoms.